The minimum absolute atomic E-state index is 0.107. The van der Waals surface area contributed by atoms with E-state index >= 15 is 0 Å². The van der Waals surface area contributed by atoms with E-state index in [1.807, 2.05) is 6.08 Å². The van der Waals surface area contributed by atoms with Gasteiger partial charge in [-0.15, -0.1) is 0 Å². The van der Waals surface area contributed by atoms with Crippen molar-refractivity contribution in [2.24, 2.45) is 0 Å². The summed E-state index contributed by atoms with van der Waals surface area (Å²) < 4.78 is 16.8. The van der Waals surface area contributed by atoms with E-state index in [-0.39, 0.29) is 37.5 Å². The molecule has 1 atom stereocenters. The van der Waals surface area contributed by atoms with Crippen LogP contribution >= 0.6 is 0 Å². The van der Waals surface area contributed by atoms with Crippen LogP contribution in [0, 0.1) is 0 Å². The maximum absolute atomic E-state index is 12.9. The lowest BCUT2D eigenvalue weighted by atomic mass is 10.1. The number of carbonyl (C=O) groups excluding carboxylic acids is 3. The number of esters is 3. The van der Waals surface area contributed by atoms with Gasteiger partial charge in [0.15, 0.2) is 6.10 Å². The van der Waals surface area contributed by atoms with Crippen molar-refractivity contribution in [3.8, 4) is 0 Å². The van der Waals surface area contributed by atoms with Crippen LogP contribution in [0.5, 0.6) is 0 Å². The van der Waals surface area contributed by atoms with Crippen LogP contribution in [0.25, 0.3) is 0 Å². The Bertz CT molecular complexity index is 1550. The van der Waals surface area contributed by atoms with Crippen LogP contribution < -0.4 is 0 Å². The first-order valence-corrected chi connectivity index (χ1v) is 30.5. The fourth-order valence-electron chi connectivity index (χ4n) is 8.18. The first-order valence-electron chi connectivity index (χ1n) is 30.5. The lowest BCUT2D eigenvalue weighted by Gasteiger charge is -2.18. The zero-order chi connectivity index (χ0) is 53.6. The molecule has 6 heteroatoms. The van der Waals surface area contributed by atoms with Gasteiger partial charge in [-0.25, -0.2) is 0 Å². The molecule has 0 aliphatic carbocycles. The minimum Gasteiger partial charge on any atom is -0.462 e. The van der Waals surface area contributed by atoms with Crippen molar-refractivity contribution in [1.29, 1.82) is 0 Å². The van der Waals surface area contributed by atoms with Gasteiger partial charge < -0.3 is 14.2 Å². The second-order valence-electron chi connectivity index (χ2n) is 19.8. The molecule has 0 aromatic heterocycles. The van der Waals surface area contributed by atoms with Gasteiger partial charge in [0.2, 0.25) is 0 Å². The van der Waals surface area contributed by atoms with Gasteiger partial charge in [-0.3, -0.25) is 14.4 Å². The van der Waals surface area contributed by atoms with E-state index in [1.165, 1.54) is 122 Å². The number of ether oxygens (including phenoxy) is 3. The Kier molecular flexibility index (Phi) is 57.9. The molecule has 0 amide bonds. The van der Waals surface area contributed by atoms with Gasteiger partial charge in [0.1, 0.15) is 13.2 Å². The van der Waals surface area contributed by atoms with Crippen molar-refractivity contribution in [1.82, 2.24) is 0 Å². The molecular weight excluding hydrogens is 913 g/mol. The third-order valence-electron chi connectivity index (χ3n) is 12.7. The van der Waals surface area contributed by atoms with Crippen LogP contribution in [-0.2, 0) is 28.6 Å². The molecule has 0 aromatic rings. The van der Waals surface area contributed by atoms with E-state index in [2.05, 4.69) is 136 Å². The molecule has 0 aliphatic rings. The largest absolute Gasteiger partial charge is 0.462 e. The van der Waals surface area contributed by atoms with E-state index in [0.717, 1.165) is 103 Å². The Morgan fingerprint density at radius 1 is 0.284 bits per heavy atom. The fourth-order valence-corrected chi connectivity index (χ4v) is 8.18. The second-order valence-corrected chi connectivity index (χ2v) is 19.8. The molecule has 6 nitrogen and oxygen atoms in total. The molecule has 0 aromatic carbocycles. The Balaban J connectivity index is 4.40. The quantitative estimate of drug-likeness (QED) is 0.0261. The molecule has 0 radical (unpaired) electrons. The third kappa shape index (κ3) is 58.7. The Labute approximate surface area is 456 Å². The Morgan fingerprint density at radius 3 is 0.919 bits per heavy atom. The van der Waals surface area contributed by atoms with Crippen LogP contribution in [0.4, 0.5) is 0 Å². The molecule has 74 heavy (non-hydrogen) atoms. The average molecular weight is 1030 g/mol. The van der Waals surface area contributed by atoms with Crippen LogP contribution in [0.3, 0.4) is 0 Å². The predicted molar refractivity (Wildman–Crippen MR) is 320 cm³/mol. The van der Waals surface area contributed by atoms with E-state index in [1.54, 1.807) is 0 Å². The molecule has 0 spiro atoms. The summed E-state index contributed by atoms with van der Waals surface area (Å²) in [6, 6.07) is 0. The van der Waals surface area contributed by atoms with Gasteiger partial charge in [0, 0.05) is 19.3 Å². The highest BCUT2D eigenvalue weighted by molar-refractivity contribution is 5.71. The van der Waals surface area contributed by atoms with Crippen molar-refractivity contribution in [3.63, 3.8) is 0 Å². The zero-order valence-electron chi connectivity index (χ0n) is 48.1. The van der Waals surface area contributed by atoms with Crippen LogP contribution in [0.15, 0.2) is 122 Å². The molecule has 0 heterocycles. The summed E-state index contributed by atoms with van der Waals surface area (Å²) in [4.78, 5) is 38.2. The number of hydrogen-bond donors (Lipinski definition) is 0. The first kappa shape index (κ1) is 69.8. The summed E-state index contributed by atoms with van der Waals surface area (Å²) in [5.41, 5.74) is 0. The van der Waals surface area contributed by atoms with E-state index in [4.69, 9.17) is 14.2 Å². The van der Waals surface area contributed by atoms with Crippen molar-refractivity contribution >= 4 is 17.9 Å². The lowest BCUT2D eigenvalue weighted by Crippen LogP contribution is -2.30. The van der Waals surface area contributed by atoms with Gasteiger partial charge >= 0.3 is 17.9 Å². The maximum atomic E-state index is 12.9. The van der Waals surface area contributed by atoms with Gasteiger partial charge in [0.05, 0.1) is 0 Å². The van der Waals surface area contributed by atoms with Gasteiger partial charge in [-0.2, -0.15) is 0 Å². The lowest BCUT2D eigenvalue weighted by molar-refractivity contribution is -0.166. The SMILES string of the molecule is CC/C=C\C/C=C\C/C=C\C/C=C\C/C=C\CCCCCCCCCCCC(=O)OCC(COC(=O)CC/C=C\C/C=C\C/C=C\C/C=C\CC)OC(=O)CCCCCCCCC/C=C\CCCCCCCCC. The molecule has 0 saturated heterocycles. The Morgan fingerprint density at radius 2 is 0.554 bits per heavy atom. The summed E-state index contributed by atoms with van der Waals surface area (Å²) in [6.45, 7) is 6.34. The number of rotatable bonds is 54. The number of hydrogen-bond acceptors (Lipinski definition) is 6. The average Bonchev–Trinajstić information content (AvgIpc) is 3.40. The third-order valence-corrected chi connectivity index (χ3v) is 12.7. The highest BCUT2D eigenvalue weighted by atomic mass is 16.6. The van der Waals surface area contributed by atoms with E-state index in [0.29, 0.717) is 19.3 Å². The first-order chi connectivity index (χ1) is 36.5. The van der Waals surface area contributed by atoms with E-state index in [9.17, 15) is 14.4 Å². The van der Waals surface area contributed by atoms with Crippen molar-refractivity contribution in [2.45, 2.75) is 277 Å². The molecule has 1 unspecified atom stereocenters. The van der Waals surface area contributed by atoms with Crippen LogP contribution in [0.1, 0.15) is 271 Å². The highest BCUT2D eigenvalue weighted by Crippen LogP contribution is 2.15. The number of allylic oxidation sites excluding steroid dienone is 20. The molecule has 420 valence electrons. The minimum atomic E-state index is -0.815. The van der Waals surface area contributed by atoms with Crippen LogP contribution in [0.2, 0.25) is 0 Å². The summed E-state index contributed by atoms with van der Waals surface area (Å²) in [5, 5.41) is 0. The number of unbranched alkanes of at least 4 members (excludes halogenated alkanes) is 23. The summed E-state index contributed by atoms with van der Waals surface area (Å²) >= 11 is 0. The topological polar surface area (TPSA) is 78.9 Å². The number of carbonyl (C=O) groups is 3. The smallest absolute Gasteiger partial charge is 0.306 e. The van der Waals surface area contributed by atoms with Crippen molar-refractivity contribution in [3.05, 3.63) is 122 Å². The summed E-state index contributed by atoms with van der Waals surface area (Å²) in [6.07, 6.45) is 85.0. The van der Waals surface area contributed by atoms with Gasteiger partial charge in [-0.1, -0.05) is 258 Å². The molecule has 0 fully saturated rings. The highest BCUT2D eigenvalue weighted by Gasteiger charge is 2.19. The second kappa shape index (κ2) is 61.4. The fraction of sp³-hybridized carbons (Fsp3) is 0.662. The van der Waals surface area contributed by atoms with Crippen molar-refractivity contribution in [2.75, 3.05) is 13.2 Å². The molecular formula is C68H112O6. The monoisotopic (exact) mass is 1020 g/mol. The molecule has 0 rings (SSSR count). The summed E-state index contributed by atoms with van der Waals surface area (Å²) in [7, 11) is 0. The van der Waals surface area contributed by atoms with Crippen molar-refractivity contribution < 1.29 is 28.6 Å². The van der Waals surface area contributed by atoms with Gasteiger partial charge in [0.25, 0.3) is 0 Å². The van der Waals surface area contributed by atoms with E-state index < -0.39 is 6.10 Å². The predicted octanol–water partition coefficient (Wildman–Crippen LogP) is 20.8. The molecule has 0 saturated carbocycles. The molecule has 0 bridgehead atoms. The maximum Gasteiger partial charge on any atom is 0.306 e. The van der Waals surface area contributed by atoms with Gasteiger partial charge in [-0.05, 0) is 116 Å². The zero-order valence-corrected chi connectivity index (χ0v) is 48.1. The molecule has 0 N–H and O–H groups in total. The molecule has 0 aliphatic heterocycles. The normalized spacial score (nSPS) is 13.0. The Hall–Kier alpha value is -4.19. The standard InChI is InChI=1S/C68H112O6/c1-4-7-10-13-16-19-22-25-27-29-31-32-33-34-35-36-37-39-40-43-46-49-52-55-58-61-67(70)73-64-65(63-72-66(69)60-57-54-51-48-45-42-24-21-18-15-12-9-6-3)74-68(71)62-59-56-53-50-47-44-41-38-30-28-26-23-20-17-14-11-8-5-2/h7,9-10,12,16,18-19,21,25,27-28,30-32,34-35,42,45,51,54,65H,4-6,8,11,13-15,17,20,22-24,26,29,33,36-41,43-44,46-50,52-53,55-64H2,1-3H3/b10-7-,12-9-,19-16-,21-18-,27-25-,30-28-,32-31-,35-34-,45-42-,54-51-. The summed E-state index contributed by atoms with van der Waals surface area (Å²) in [5.74, 6) is -1.00. The van der Waals surface area contributed by atoms with Crippen LogP contribution in [-0.4, -0.2) is 37.2 Å².